The number of nitrogens with zero attached hydrogens (tertiary/aromatic N) is 3. The molecule has 2 amide bonds. The minimum atomic E-state index is -1.05. The number of fused-ring (bicyclic) bond motifs is 1. The van der Waals surface area contributed by atoms with E-state index >= 15 is 0 Å². The molecule has 2 aromatic carbocycles. The van der Waals surface area contributed by atoms with Crippen LogP contribution in [0.2, 0.25) is 0 Å². The highest BCUT2D eigenvalue weighted by Gasteiger charge is 2.24. The molecule has 9 heteroatoms. The van der Waals surface area contributed by atoms with E-state index in [-0.39, 0.29) is 0 Å². The number of rotatable bonds is 6. The van der Waals surface area contributed by atoms with Crippen molar-refractivity contribution in [3.05, 3.63) is 70.6 Å². The predicted octanol–water partition coefficient (Wildman–Crippen LogP) is 0.920. The number of carbonyl (C=O) groups is 2. The number of imidazole rings is 1. The van der Waals surface area contributed by atoms with Crippen LogP contribution in [0.1, 0.15) is 11.6 Å². The van der Waals surface area contributed by atoms with Crippen LogP contribution in [0.5, 0.6) is 0 Å². The fraction of sp³-hybridized carbons (Fsp3) is 0.318. The summed E-state index contributed by atoms with van der Waals surface area (Å²) in [6, 6.07) is 14.1. The Morgan fingerprint density at radius 3 is 2.29 bits per heavy atom. The Labute approximate surface area is 179 Å². The molecule has 31 heavy (non-hydrogen) atoms. The summed E-state index contributed by atoms with van der Waals surface area (Å²) in [4.78, 5) is 40.5. The Bertz CT molecular complexity index is 1130. The average molecular weight is 423 g/mol. The second-order valence-electron chi connectivity index (χ2n) is 7.41. The lowest BCUT2D eigenvalue weighted by Gasteiger charge is -2.26. The normalized spacial score (nSPS) is 15.6. The minimum absolute atomic E-state index is 0.442. The molecule has 1 aliphatic rings. The van der Waals surface area contributed by atoms with E-state index < -0.39 is 23.7 Å². The van der Waals surface area contributed by atoms with Gasteiger partial charge in [0.05, 0.1) is 24.2 Å². The summed E-state index contributed by atoms with van der Waals surface area (Å²) < 4.78 is 8.02. The SMILES string of the molecule is NC(=O)[C@@H](NC(=O)n1c(=O)n(CCN2CCOCC2)c2ccccc21)c1ccccc1. The van der Waals surface area contributed by atoms with Gasteiger partial charge in [-0.3, -0.25) is 14.3 Å². The lowest BCUT2D eigenvalue weighted by Crippen LogP contribution is -2.43. The van der Waals surface area contributed by atoms with Gasteiger partial charge in [0, 0.05) is 26.2 Å². The van der Waals surface area contributed by atoms with Crippen molar-refractivity contribution in [3.63, 3.8) is 0 Å². The van der Waals surface area contributed by atoms with Crippen LogP contribution in [0.3, 0.4) is 0 Å². The molecule has 0 aliphatic carbocycles. The van der Waals surface area contributed by atoms with Gasteiger partial charge in [0.2, 0.25) is 5.91 Å². The predicted molar refractivity (Wildman–Crippen MR) is 116 cm³/mol. The van der Waals surface area contributed by atoms with Crippen molar-refractivity contribution < 1.29 is 14.3 Å². The third-order valence-corrected chi connectivity index (χ3v) is 5.47. The molecule has 9 nitrogen and oxygen atoms in total. The van der Waals surface area contributed by atoms with Crippen LogP contribution in [-0.4, -0.2) is 58.8 Å². The number of morpholine rings is 1. The van der Waals surface area contributed by atoms with E-state index in [1.165, 1.54) is 0 Å². The molecular weight excluding hydrogens is 398 g/mol. The summed E-state index contributed by atoms with van der Waals surface area (Å²) in [6.45, 7) is 4.08. The molecule has 162 valence electrons. The van der Waals surface area contributed by atoms with Crippen LogP contribution in [0, 0.1) is 0 Å². The van der Waals surface area contributed by atoms with Crippen LogP contribution in [0.4, 0.5) is 4.79 Å². The zero-order valence-corrected chi connectivity index (χ0v) is 17.1. The molecule has 0 spiro atoms. The summed E-state index contributed by atoms with van der Waals surface area (Å²) in [7, 11) is 0. The van der Waals surface area contributed by atoms with Gasteiger partial charge < -0.3 is 15.8 Å². The minimum Gasteiger partial charge on any atom is -0.379 e. The summed E-state index contributed by atoms with van der Waals surface area (Å²) >= 11 is 0. The Morgan fingerprint density at radius 2 is 1.61 bits per heavy atom. The molecule has 2 heterocycles. The van der Waals surface area contributed by atoms with Gasteiger partial charge in [0.15, 0.2) is 0 Å². The molecule has 1 atom stereocenters. The molecule has 3 aromatic rings. The monoisotopic (exact) mass is 423 g/mol. The largest absolute Gasteiger partial charge is 0.379 e. The first kappa shape index (κ1) is 20.8. The van der Waals surface area contributed by atoms with Crippen LogP contribution in [0.25, 0.3) is 11.0 Å². The maximum atomic E-state index is 13.2. The Hall–Kier alpha value is -3.43. The van der Waals surface area contributed by atoms with Crippen LogP contribution >= 0.6 is 0 Å². The van der Waals surface area contributed by atoms with Crippen LogP contribution in [-0.2, 0) is 16.1 Å². The third-order valence-electron chi connectivity index (χ3n) is 5.47. The summed E-state index contributed by atoms with van der Waals surface area (Å²) in [6.07, 6.45) is 0. The number of hydrogen-bond acceptors (Lipinski definition) is 5. The zero-order valence-electron chi connectivity index (χ0n) is 17.1. The van der Waals surface area contributed by atoms with E-state index in [9.17, 15) is 14.4 Å². The van der Waals surface area contributed by atoms with Crippen molar-refractivity contribution >= 4 is 23.0 Å². The van der Waals surface area contributed by atoms with Gasteiger partial charge in [-0.2, -0.15) is 0 Å². The number of hydrogen-bond donors (Lipinski definition) is 2. The number of nitrogens with one attached hydrogen (secondary N) is 1. The van der Waals surface area contributed by atoms with Crippen molar-refractivity contribution in [2.24, 2.45) is 5.73 Å². The van der Waals surface area contributed by atoms with Crippen molar-refractivity contribution in [1.29, 1.82) is 0 Å². The molecular formula is C22H25N5O4. The first-order chi connectivity index (χ1) is 15.1. The smallest absolute Gasteiger partial charge is 0.337 e. The van der Waals surface area contributed by atoms with E-state index in [0.29, 0.717) is 42.9 Å². The third kappa shape index (κ3) is 4.37. The van der Waals surface area contributed by atoms with Crippen molar-refractivity contribution in [2.45, 2.75) is 12.6 Å². The second kappa shape index (κ2) is 9.15. The highest BCUT2D eigenvalue weighted by Crippen LogP contribution is 2.16. The molecule has 4 rings (SSSR count). The van der Waals surface area contributed by atoms with Gasteiger partial charge in [0.25, 0.3) is 0 Å². The molecule has 1 saturated heterocycles. The first-order valence-electron chi connectivity index (χ1n) is 10.2. The highest BCUT2D eigenvalue weighted by atomic mass is 16.5. The van der Waals surface area contributed by atoms with Crippen molar-refractivity contribution in [2.75, 3.05) is 32.8 Å². The lowest BCUT2D eigenvalue weighted by atomic mass is 10.1. The number of ether oxygens (including phenoxy) is 1. The number of para-hydroxylation sites is 2. The van der Waals surface area contributed by atoms with E-state index in [0.717, 1.165) is 17.7 Å². The van der Waals surface area contributed by atoms with E-state index in [2.05, 4.69) is 10.2 Å². The van der Waals surface area contributed by atoms with Gasteiger partial charge in [-0.1, -0.05) is 42.5 Å². The van der Waals surface area contributed by atoms with E-state index in [1.807, 2.05) is 12.1 Å². The molecule has 1 fully saturated rings. The number of aromatic nitrogens is 2. The van der Waals surface area contributed by atoms with Gasteiger partial charge in [-0.15, -0.1) is 0 Å². The molecule has 3 N–H and O–H groups in total. The van der Waals surface area contributed by atoms with Gasteiger partial charge >= 0.3 is 11.7 Å². The fourth-order valence-electron chi connectivity index (χ4n) is 3.84. The van der Waals surface area contributed by atoms with Gasteiger partial charge in [-0.25, -0.2) is 14.2 Å². The second-order valence-corrected chi connectivity index (χ2v) is 7.41. The maximum absolute atomic E-state index is 13.2. The molecule has 0 bridgehead atoms. The first-order valence-corrected chi connectivity index (χ1v) is 10.2. The van der Waals surface area contributed by atoms with Crippen LogP contribution < -0.4 is 16.7 Å². The van der Waals surface area contributed by atoms with Crippen molar-refractivity contribution in [3.8, 4) is 0 Å². The topological polar surface area (TPSA) is 112 Å². The van der Waals surface area contributed by atoms with E-state index in [1.54, 1.807) is 47.0 Å². The summed E-state index contributed by atoms with van der Waals surface area (Å²) in [5, 5.41) is 2.61. The number of carbonyl (C=O) groups excluding carboxylic acids is 2. The van der Waals surface area contributed by atoms with Gasteiger partial charge in [0.1, 0.15) is 6.04 Å². The lowest BCUT2D eigenvalue weighted by molar-refractivity contribution is -0.119. The molecule has 0 radical (unpaired) electrons. The van der Waals surface area contributed by atoms with Crippen LogP contribution in [0.15, 0.2) is 59.4 Å². The molecule has 1 aromatic heterocycles. The molecule has 1 aliphatic heterocycles. The Balaban J connectivity index is 1.63. The molecule has 0 saturated carbocycles. The highest BCUT2D eigenvalue weighted by molar-refractivity contribution is 5.92. The summed E-state index contributed by atoms with van der Waals surface area (Å²) in [5.41, 5.74) is 6.75. The Kier molecular flexibility index (Phi) is 6.15. The number of primary amides is 1. The standard InChI is InChI=1S/C22H25N5O4/c23-20(28)19(16-6-2-1-3-7-16)24-21(29)27-18-9-5-4-8-17(18)26(22(27)30)11-10-25-12-14-31-15-13-25/h1-9,19H,10-15H2,(H2,23,28)(H,24,29)/t19-/m0/s1. The van der Waals surface area contributed by atoms with Crippen molar-refractivity contribution in [1.82, 2.24) is 19.4 Å². The van der Waals surface area contributed by atoms with Gasteiger partial charge in [-0.05, 0) is 17.7 Å². The quantitative estimate of drug-likeness (QED) is 0.612. The number of amides is 2. The molecule has 0 unspecified atom stereocenters. The zero-order chi connectivity index (χ0) is 21.8. The van der Waals surface area contributed by atoms with E-state index in [4.69, 9.17) is 10.5 Å². The average Bonchev–Trinajstić information content (AvgIpc) is 3.08. The number of benzene rings is 2. The number of nitrogens with two attached hydrogens (primary N) is 1. The summed E-state index contributed by atoms with van der Waals surface area (Å²) in [5.74, 6) is -0.705. The fourth-order valence-corrected chi connectivity index (χ4v) is 3.84. The maximum Gasteiger partial charge on any atom is 0.337 e. The Morgan fingerprint density at radius 1 is 0.968 bits per heavy atom.